The number of nitrogens with one attached hydrogen (secondary N) is 1. The lowest BCUT2D eigenvalue weighted by Gasteiger charge is -2.47. The van der Waals surface area contributed by atoms with Crippen LogP contribution in [0.2, 0.25) is 0 Å². The van der Waals surface area contributed by atoms with Gasteiger partial charge in [0.2, 0.25) is 11.8 Å². The lowest BCUT2D eigenvalue weighted by molar-refractivity contribution is -0.136. The molecular weight excluding hydrogens is 677 g/mol. The molecule has 0 aromatic heterocycles. The Labute approximate surface area is 316 Å². The number of aryl methyl sites for hydroxylation is 1. The molecular formula is C45H48N4O5. The Bertz CT molecular complexity index is 2040. The van der Waals surface area contributed by atoms with E-state index in [9.17, 15) is 19.5 Å². The van der Waals surface area contributed by atoms with Gasteiger partial charge in [-0.1, -0.05) is 48.5 Å². The number of imide groups is 1. The van der Waals surface area contributed by atoms with Gasteiger partial charge in [0.1, 0.15) is 17.5 Å². The smallest absolute Gasteiger partial charge is 0.255 e. The molecule has 278 valence electrons. The lowest BCUT2D eigenvalue weighted by atomic mass is 9.69. The van der Waals surface area contributed by atoms with Gasteiger partial charge in [0.15, 0.2) is 0 Å². The topological polar surface area (TPSA) is 102 Å². The van der Waals surface area contributed by atoms with Crippen LogP contribution in [0.25, 0.3) is 0 Å². The minimum Gasteiger partial charge on any atom is -0.508 e. The number of hydrogen-bond donors (Lipinski definition) is 2. The predicted molar refractivity (Wildman–Crippen MR) is 207 cm³/mol. The summed E-state index contributed by atoms with van der Waals surface area (Å²) in [6.07, 6.45) is 5.94. The second-order valence-corrected chi connectivity index (χ2v) is 15.9. The summed E-state index contributed by atoms with van der Waals surface area (Å²) in [6, 6.07) is 31.5. The molecule has 4 heterocycles. The van der Waals surface area contributed by atoms with Gasteiger partial charge in [-0.15, -0.1) is 0 Å². The molecule has 0 spiro atoms. The quantitative estimate of drug-likeness (QED) is 0.193. The van der Waals surface area contributed by atoms with Gasteiger partial charge in [0.05, 0.1) is 6.61 Å². The second kappa shape index (κ2) is 14.6. The number of likely N-dealkylation sites (tertiary alicyclic amines) is 1. The number of carbonyl (C=O) groups excluding carboxylic acids is 3. The molecule has 3 fully saturated rings. The Morgan fingerprint density at radius 2 is 1.57 bits per heavy atom. The first-order chi connectivity index (χ1) is 26.4. The molecule has 3 atom stereocenters. The molecule has 0 bridgehead atoms. The molecule has 3 saturated heterocycles. The first kappa shape index (κ1) is 34.6. The van der Waals surface area contributed by atoms with Crippen molar-refractivity contribution in [2.24, 2.45) is 5.92 Å². The van der Waals surface area contributed by atoms with E-state index in [0.29, 0.717) is 42.2 Å². The van der Waals surface area contributed by atoms with E-state index < -0.39 is 6.04 Å². The number of nitrogens with zero attached hydrogens (tertiary/aromatic N) is 3. The molecule has 1 unspecified atom stereocenters. The van der Waals surface area contributed by atoms with Crippen molar-refractivity contribution in [3.05, 3.63) is 124 Å². The molecule has 1 aliphatic carbocycles. The summed E-state index contributed by atoms with van der Waals surface area (Å²) in [7, 11) is 0. The lowest BCUT2D eigenvalue weighted by Crippen LogP contribution is -2.55. The highest BCUT2D eigenvalue weighted by Crippen LogP contribution is 2.47. The highest BCUT2D eigenvalue weighted by Gasteiger charge is 2.40. The Hall–Kier alpha value is -5.15. The van der Waals surface area contributed by atoms with Crippen molar-refractivity contribution in [3.63, 3.8) is 0 Å². The largest absolute Gasteiger partial charge is 0.508 e. The number of carbonyl (C=O) groups is 3. The van der Waals surface area contributed by atoms with Crippen molar-refractivity contribution in [1.29, 1.82) is 0 Å². The summed E-state index contributed by atoms with van der Waals surface area (Å²) in [5.74, 6) is 1.76. The first-order valence-electron chi connectivity index (χ1n) is 19.7. The number of piperidine rings is 2. The van der Waals surface area contributed by atoms with E-state index in [1.54, 1.807) is 4.90 Å². The summed E-state index contributed by atoms with van der Waals surface area (Å²) < 4.78 is 6.27. The fraction of sp³-hybridized carbons (Fsp3) is 0.400. The SMILES string of the molecule is O=C1CCC(N2Cc3cc(N4CCC(N5CC(CCOc6ccc([C@@H]7c8ccc(O)cc8CC[C@@H]7c7ccccc7)cc6)C5)CC4)ccc3C2=O)C(=O)N1. The average molecular weight is 725 g/mol. The van der Waals surface area contributed by atoms with E-state index in [1.807, 2.05) is 24.3 Å². The fourth-order valence-electron chi connectivity index (χ4n) is 9.73. The highest BCUT2D eigenvalue weighted by atomic mass is 16.5. The van der Waals surface area contributed by atoms with Gasteiger partial charge >= 0.3 is 0 Å². The monoisotopic (exact) mass is 724 g/mol. The molecule has 9 nitrogen and oxygen atoms in total. The number of hydrogen-bond acceptors (Lipinski definition) is 7. The van der Waals surface area contributed by atoms with Crippen LogP contribution < -0.4 is 15.0 Å². The van der Waals surface area contributed by atoms with Crippen LogP contribution in [0.5, 0.6) is 11.5 Å². The highest BCUT2D eigenvalue weighted by molar-refractivity contribution is 6.05. The summed E-state index contributed by atoms with van der Waals surface area (Å²) in [4.78, 5) is 43.9. The molecule has 3 amide bonds. The number of phenolic OH excluding ortho intramolecular Hbond substituents is 1. The normalized spacial score (nSPS) is 23.5. The van der Waals surface area contributed by atoms with E-state index in [2.05, 4.69) is 81.8 Å². The van der Waals surface area contributed by atoms with Crippen molar-refractivity contribution in [2.75, 3.05) is 37.7 Å². The van der Waals surface area contributed by atoms with E-state index in [1.165, 1.54) is 22.3 Å². The first-order valence-corrected chi connectivity index (χ1v) is 19.7. The van der Waals surface area contributed by atoms with Crippen LogP contribution in [0.3, 0.4) is 0 Å². The van der Waals surface area contributed by atoms with Gasteiger partial charge in [-0.05, 0) is 121 Å². The number of benzene rings is 4. The number of rotatable bonds is 9. The maximum absolute atomic E-state index is 13.1. The molecule has 4 aromatic rings. The van der Waals surface area contributed by atoms with E-state index in [-0.39, 0.29) is 30.1 Å². The summed E-state index contributed by atoms with van der Waals surface area (Å²) in [5, 5.41) is 12.6. The van der Waals surface area contributed by atoms with Crippen LogP contribution in [0.1, 0.15) is 88.5 Å². The molecule has 0 radical (unpaired) electrons. The Morgan fingerprint density at radius 3 is 2.35 bits per heavy atom. The van der Waals surface area contributed by atoms with Crippen LogP contribution in [-0.2, 0) is 22.6 Å². The van der Waals surface area contributed by atoms with Crippen molar-refractivity contribution < 1.29 is 24.2 Å². The minimum atomic E-state index is -0.586. The predicted octanol–water partition coefficient (Wildman–Crippen LogP) is 6.38. The summed E-state index contributed by atoms with van der Waals surface area (Å²) >= 11 is 0. The molecule has 54 heavy (non-hydrogen) atoms. The van der Waals surface area contributed by atoms with E-state index in [4.69, 9.17) is 4.74 Å². The van der Waals surface area contributed by atoms with E-state index in [0.717, 1.165) is 81.9 Å². The average Bonchev–Trinajstić information content (AvgIpc) is 3.50. The third kappa shape index (κ3) is 6.74. The van der Waals surface area contributed by atoms with Gasteiger partial charge in [0, 0.05) is 62.4 Å². The van der Waals surface area contributed by atoms with E-state index >= 15 is 0 Å². The molecule has 9 heteroatoms. The zero-order valence-corrected chi connectivity index (χ0v) is 30.7. The molecule has 4 aromatic carbocycles. The number of anilines is 1. The van der Waals surface area contributed by atoms with Crippen molar-refractivity contribution in [3.8, 4) is 11.5 Å². The molecule has 9 rings (SSSR count). The molecule has 0 saturated carbocycles. The number of ether oxygens (including phenoxy) is 1. The Kier molecular flexibility index (Phi) is 9.35. The molecule has 4 aliphatic heterocycles. The van der Waals surface area contributed by atoms with Crippen molar-refractivity contribution in [1.82, 2.24) is 15.1 Å². The maximum atomic E-state index is 13.1. The van der Waals surface area contributed by atoms with Crippen LogP contribution >= 0.6 is 0 Å². The standard InChI is InChI=1S/C45H48N4O5/c50-36-10-15-39-32(25-36)8-13-38(30-4-2-1-3-5-30)43(39)31-6-11-37(12-7-31)54-23-20-29-26-48(27-29)34-18-21-47(22-19-34)35-9-14-40-33(24-35)28-49(45(40)53)41-16-17-42(51)46-44(41)52/h1-7,9-12,14-15,24-25,29,34,38,41,43,50H,8,13,16-23,26-28H2,(H,46,51,52)/t38-,41?,43+/m1/s1. The molecule has 5 aliphatic rings. The van der Waals surface area contributed by atoms with Crippen LogP contribution in [-0.4, -0.2) is 77.5 Å². The molecule has 2 N–H and O–H groups in total. The minimum absolute atomic E-state index is 0.123. The summed E-state index contributed by atoms with van der Waals surface area (Å²) in [6.45, 7) is 5.34. The third-order valence-electron chi connectivity index (χ3n) is 12.7. The van der Waals surface area contributed by atoms with Gasteiger partial charge < -0.3 is 19.6 Å². The zero-order valence-electron chi connectivity index (χ0n) is 30.7. The number of amides is 3. The summed E-state index contributed by atoms with van der Waals surface area (Å²) in [5.41, 5.74) is 7.96. The Morgan fingerprint density at radius 1 is 0.778 bits per heavy atom. The second-order valence-electron chi connectivity index (χ2n) is 15.9. The van der Waals surface area contributed by atoms with Gasteiger partial charge in [-0.2, -0.15) is 0 Å². The maximum Gasteiger partial charge on any atom is 0.255 e. The van der Waals surface area contributed by atoms with Crippen molar-refractivity contribution in [2.45, 2.75) is 75.4 Å². The van der Waals surface area contributed by atoms with Crippen LogP contribution in [0.4, 0.5) is 5.69 Å². The third-order valence-corrected chi connectivity index (χ3v) is 12.7. The van der Waals surface area contributed by atoms with Crippen LogP contribution in [0, 0.1) is 5.92 Å². The van der Waals surface area contributed by atoms with Crippen molar-refractivity contribution >= 4 is 23.4 Å². The zero-order chi connectivity index (χ0) is 36.8. The Balaban J connectivity index is 0.739. The number of fused-ring (bicyclic) bond motifs is 2. The number of phenols is 1. The number of aromatic hydroxyl groups is 1. The van der Waals surface area contributed by atoms with Gasteiger partial charge in [0.25, 0.3) is 5.91 Å². The van der Waals surface area contributed by atoms with Crippen LogP contribution in [0.15, 0.2) is 91.0 Å². The fourth-order valence-corrected chi connectivity index (χ4v) is 9.73. The van der Waals surface area contributed by atoms with Gasteiger partial charge in [-0.25, -0.2) is 0 Å². The van der Waals surface area contributed by atoms with Gasteiger partial charge in [-0.3, -0.25) is 24.6 Å².